The number of carbonyl (C=O) groups excluding carboxylic acids is 4. The molecule has 2 fully saturated rings. The molecule has 0 spiro atoms. The number of ketones is 2. The molecule has 10 heteroatoms. The summed E-state index contributed by atoms with van der Waals surface area (Å²) in [6.45, 7) is 6.41. The molecule has 2 heterocycles. The minimum Gasteiger partial charge on any atom is -0.449 e. The second kappa shape index (κ2) is 8.32. The van der Waals surface area contributed by atoms with Gasteiger partial charge in [-0.1, -0.05) is 13.8 Å². The molecule has 152 valence electrons. The molecule has 10 nitrogen and oxygen atoms in total. The van der Waals surface area contributed by atoms with Crippen LogP contribution in [-0.2, 0) is 19.1 Å². The van der Waals surface area contributed by atoms with Crippen LogP contribution >= 0.6 is 0 Å². The maximum atomic E-state index is 13.1. The molecular formula is C18H24N4O6. The van der Waals surface area contributed by atoms with E-state index in [-0.39, 0.29) is 36.0 Å². The smallest absolute Gasteiger partial charge is 0.411 e. The van der Waals surface area contributed by atoms with E-state index in [0.717, 1.165) is 0 Å². The summed E-state index contributed by atoms with van der Waals surface area (Å²) in [5.41, 5.74) is -0.0966. The summed E-state index contributed by atoms with van der Waals surface area (Å²) in [6.07, 6.45) is -0.321. The van der Waals surface area contributed by atoms with Gasteiger partial charge in [-0.15, -0.1) is 0 Å². The standard InChI is InChI=1S/C18H24N4O6/c1-3-9-27-17(25)19-11-13(21-5-6-21)16(24)12(20-18(26)28-10-4-2)14(15(11)23)22-7-8-22/h3-10H2,1-2H3,(H,19,25)(H,20,26). The number of nitrogens with zero attached hydrogens (tertiary/aromatic N) is 2. The summed E-state index contributed by atoms with van der Waals surface area (Å²) >= 11 is 0. The van der Waals surface area contributed by atoms with Gasteiger partial charge >= 0.3 is 12.2 Å². The Balaban J connectivity index is 1.89. The van der Waals surface area contributed by atoms with Gasteiger partial charge in [0.2, 0.25) is 11.6 Å². The highest BCUT2D eigenvalue weighted by atomic mass is 16.6. The lowest BCUT2D eigenvalue weighted by atomic mass is 9.98. The zero-order valence-electron chi connectivity index (χ0n) is 16.0. The summed E-state index contributed by atoms with van der Waals surface area (Å²) in [5.74, 6) is -1.06. The number of amides is 2. The summed E-state index contributed by atoms with van der Waals surface area (Å²) in [4.78, 5) is 53.6. The van der Waals surface area contributed by atoms with E-state index in [4.69, 9.17) is 9.47 Å². The van der Waals surface area contributed by atoms with Gasteiger partial charge in [0.05, 0.1) is 13.2 Å². The number of rotatable bonds is 8. The third-order valence-corrected chi connectivity index (χ3v) is 4.21. The SMILES string of the molecule is CCCOC(=O)NC1=C(N2CC2)C(=O)C(NC(=O)OCCC)=C(N2CC2)C1=O. The fraction of sp³-hybridized carbons (Fsp3) is 0.556. The lowest BCUT2D eigenvalue weighted by Crippen LogP contribution is -2.43. The molecule has 3 rings (SSSR count). The van der Waals surface area contributed by atoms with E-state index in [1.807, 2.05) is 13.8 Å². The van der Waals surface area contributed by atoms with E-state index in [9.17, 15) is 19.2 Å². The number of carbonyl (C=O) groups is 4. The van der Waals surface area contributed by atoms with Crippen molar-refractivity contribution >= 4 is 23.8 Å². The second-order valence-electron chi connectivity index (χ2n) is 6.60. The van der Waals surface area contributed by atoms with Crippen molar-refractivity contribution in [1.82, 2.24) is 20.4 Å². The highest BCUT2D eigenvalue weighted by molar-refractivity contribution is 6.25. The Labute approximate surface area is 162 Å². The van der Waals surface area contributed by atoms with Gasteiger partial charge in [0.25, 0.3) is 0 Å². The van der Waals surface area contributed by atoms with Crippen molar-refractivity contribution in [2.45, 2.75) is 26.7 Å². The van der Waals surface area contributed by atoms with Crippen LogP contribution in [-0.4, -0.2) is 72.9 Å². The Morgan fingerprint density at radius 2 is 1.14 bits per heavy atom. The molecule has 0 aromatic rings. The maximum absolute atomic E-state index is 13.1. The molecule has 0 saturated carbocycles. The van der Waals surface area contributed by atoms with Crippen LogP contribution in [0.5, 0.6) is 0 Å². The van der Waals surface area contributed by atoms with E-state index < -0.39 is 23.8 Å². The van der Waals surface area contributed by atoms with Crippen molar-refractivity contribution in [2.24, 2.45) is 0 Å². The van der Waals surface area contributed by atoms with Crippen LogP contribution in [0.25, 0.3) is 0 Å². The van der Waals surface area contributed by atoms with Crippen molar-refractivity contribution in [2.75, 3.05) is 39.4 Å². The van der Waals surface area contributed by atoms with E-state index in [1.54, 1.807) is 9.80 Å². The Morgan fingerprint density at radius 3 is 1.43 bits per heavy atom. The van der Waals surface area contributed by atoms with E-state index >= 15 is 0 Å². The Kier molecular flexibility index (Phi) is 5.86. The van der Waals surface area contributed by atoms with Crippen LogP contribution < -0.4 is 10.6 Å². The maximum Gasteiger partial charge on any atom is 0.411 e. The van der Waals surface area contributed by atoms with Gasteiger partial charge in [-0.3, -0.25) is 20.2 Å². The van der Waals surface area contributed by atoms with Gasteiger partial charge in [0.1, 0.15) is 22.8 Å². The third-order valence-electron chi connectivity index (χ3n) is 4.21. The van der Waals surface area contributed by atoms with Gasteiger partial charge in [-0.05, 0) is 12.8 Å². The van der Waals surface area contributed by atoms with E-state index in [2.05, 4.69) is 10.6 Å². The summed E-state index contributed by atoms with van der Waals surface area (Å²) in [7, 11) is 0. The van der Waals surface area contributed by atoms with Crippen molar-refractivity contribution in [3.63, 3.8) is 0 Å². The molecule has 0 atom stereocenters. The fourth-order valence-electron chi connectivity index (χ4n) is 2.73. The fourth-order valence-corrected chi connectivity index (χ4v) is 2.73. The molecule has 2 amide bonds. The molecule has 0 radical (unpaired) electrons. The monoisotopic (exact) mass is 392 g/mol. The molecule has 0 aromatic carbocycles. The van der Waals surface area contributed by atoms with Gasteiger partial charge in [0.15, 0.2) is 0 Å². The first-order valence-corrected chi connectivity index (χ1v) is 9.43. The zero-order chi connectivity index (χ0) is 20.3. The lowest BCUT2D eigenvalue weighted by molar-refractivity contribution is -0.118. The number of hydrogen-bond acceptors (Lipinski definition) is 8. The van der Waals surface area contributed by atoms with Crippen molar-refractivity contribution < 1.29 is 28.7 Å². The number of alkyl carbamates (subject to hydrolysis) is 2. The quantitative estimate of drug-likeness (QED) is 0.452. The van der Waals surface area contributed by atoms with E-state index in [0.29, 0.717) is 39.0 Å². The van der Waals surface area contributed by atoms with Crippen LogP contribution in [0, 0.1) is 0 Å². The Morgan fingerprint density at radius 1 is 0.786 bits per heavy atom. The lowest BCUT2D eigenvalue weighted by Gasteiger charge is -2.25. The van der Waals surface area contributed by atoms with Crippen LogP contribution in [0.3, 0.4) is 0 Å². The molecule has 1 aliphatic carbocycles. The van der Waals surface area contributed by atoms with Crippen LogP contribution in [0.1, 0.15) is 26.7 Å². The molecular weight excluding hydrogens is 368 g/mol. The Bertz CT molecular complexity index is 700. The minimum atomic E-state index is -0.790. The third kappa shape index (κ3) is 4.26. The van der Waals surface area contributed by atoms with Crippen LogP contribution in [0.2, 0.25) is 0 Å². The van der Waals surface area contributed by atoms with Crippen molar-refractivity contribution in [1.29, 1.82) is 0 Å². The van der Waals surface area contributed by atoms with Gasteiger partial charge in [0, 0.05) is 26.2 Å². The van der Waals surface area contributed by atoms with Gasteiger partial charge in [-0.25, -0.2) is 9.59 Å². The number of ether oxygens (including phenoxy) is 2. The second-order valence-corrected chi connectivity index (χ2v) is 6.60. The van der Waals surface area contributed by atoms with Crippen LogP contribution in [0.4, 0.5) is 9.59 Å². The topological polar surface area (TPSA) is 117 Å². The Hall–Kier alpha value is -3.04. The number of nitrogens with one attached hydrogen (secondary N) is 2. The first-order chi connectivity index (χ1) is 13.5. The molecule has 3 aliphatic rings. The first kappa shape index (κ1) is 19.7. The summed E-state index contributed by atoms with van der Waals surface area (Å²) in [5, 5.41) is 4.86. The first-order valence-electron chi connectivity index (χ1n) is 9.43. The highest BCUT2D eigenvalue weighted by Gasteiger charge is 2.45. The van der Waals surface area contributed by atoms with E-state index in [1.165, 1.54) is 0 Å². The van der Waals surface area contributed by atoms with Gasteiger partial charge < -0.3 is 19.3 Å². The highest BCUT2D eigenvalue weighted by Crippen LogP contribution is 2.32. The molecule has 2 saturated heterocycles. The molecule has 28 heavy (non-hydrogen) atoms. The minimum absolute atomic E-state index is 0.0647. The molecule has 0 aromatic heterocycles. The average Bonchev–Trinajstić information content (AvgIpc) is 3.55. The molecule has 2 N–H and O–H groups in total. The summed E-state index contributed by atoms with van der Waals surface area (Å²) < 4.78 is 9.97. The van der Waals surface area contributed by atoms with Crippen molar-refractivity contribution in [3.05, 3.63) is 22.8 Å². The largest absolute Gasteiger partial charge is 0.449 e. The molecule has 0 unspecified atom stereocenters. The van der Waals surface area contributed by atoms with Crippen molar-refractivity contribution in [3.8, 4) is 0 Å². The van der Waals surface area contributed by atoms with Gasteiger partial charge in [-0.2, -0.15) is 0 Å². The number of hydrogen-bond donors (Lipinski definition) is 2. The zero-order valence-corrected chi connectivity index (χ0v) is 16.0. The molecule has 2 aliphatic heterocycles. The predicted molar refractivity (Wildman–Crippen MR) is 96.8 cm³/mol. The molecule has 0 bridgehead atoms. The van der Waals surface area contributed by atoms with Crippen LogP contribution in [0.15, 0.2) is 22.8 Å². The summed E-state index contributed by atoms with van der Waals surface area (Å²) in [6, 6.07) is 0. The normalized spacial score (nSPS) is 18.4. The average molecular weight is 392 g/mol. The predicted octanol–water partition coefficient (Wildman–Crippen LogP) is 0.465. The number of Topliss-reactive ketones (excluding diaryl/α,β-unsaturated/α-hetero) is 2.